The summed E-state index contributed by atoms with van der Waals surface area (Å²) < 4.78 is 18.7. The third kappa shape index (κ3) is 3.67. The molecule has 0 spiro atoms. The minimum Gasteiger partial charge on any atom is -0.494 e. The molecule has 7 heteroatoms. The van der Waals surface area contributed by atoms with Crippen LogP contribution in [0.1, 0.15) is 22.8 Å². The molecule has 0 bridgehead atoms. The number of methoxy groups -OCH3 is 1. The number of ether oxygens (including phenoxy) is 1. The molecule has 0 aromatic heterocycles. The maximum absolute atomic E-state index is 13.8. The van der Waals surface area contributed by atoms with E-state index in [9.17, 15) is 14.0 Å². The zero-order valence-corrected chi connectivity index (χ0v) is 15.5. The zero-order valence-electron chi connectivity index (χ0n) is 14.7. The van der Waals surface area contributed by atoms with Crippen molar-refractivity contribution in [3.05, 3.63) is 53.3 Å². The highest BCUT2D eigenvalue weighted by Gasteiger charge is 2.24. The van der Waals surface area contributed by atoms with Gasteiger partial charge in [0.2, 0.25) is 5.91 Å². The molecule has 1 heterocycles. The lowest BCUT2D eigenvalue weighted by atomic mass is 10.1. The van der Waals surface area contributed by atoms with E-state index in [0.717, 1.165) is 4.90 Å². The normalized spacial score (nSPS) is 15.8. The molecule has 136 valence electrons. The van der Waals surface area contributed by atoms with E-state index in [1.165, 1.54) is 35.9 Å². The van der Waals surface area contributed by atoms with Crippen LogP contribution in [0, 0.1) is 5.82 Å². The topological polar surface area (TPSA) is 58.6 Å². The fraction of sp³-hybridized carbons (Fsp3) is 0.263. The highest BCUT2D eigenvalue weighted by Crippen LogP contribution is 2.36. The summed E-state index contributed by atoms with van der Waals surface area (Å²) in [5, 5.41) is 2.66. The van der Waals surface area contributed by atoms with Gasteiger partial charge in [0.1, 0.15) is 0 Å². The average molecular weight is 374 g/mol. The minimum absolute atomic E-state index is 0.0749. The second-order valence-electron chi connectivity index (χ2n) is 6.09. The predicted molar refractivity (Wildman–Crippen MR) is 99.1 cm³/mol. The van der Waals surface area contributed by atoms with Gasteiger partial charge in [-0.1, -0.05) is 6.07 Å². The Bertz CT molecular complexity index is 872. The van der Waals surface area contributed by atoms with Crippen molar-refractivity contribution in [2.75, 3.05) is 19.5 Å². The third-order valence-electron chi connectivity index (χ3n) is 4.14. The SMILES string of the molecule is COc1ccc(CN(C)C(=O)c2ccc3c(c2)NC(=O)[C@@H](C)S3)cc1F. The number of anilines is 1. The van der Waals surface area contributed by atoms with Crippen LogP contribution in [0.15, 0.2) is 41.3 Å². The van der Waals surface area contributed by atoms with Crippen LogP contribution in [0.3, 0.4) is 0 Å². The molecule has 2 amide bonds. The first-order valence-electron chi connectivity index (χ1n) is 8.08. The zero-order chi connectivity index (χ0) is 18.8. The smallest absolute Gasteiger partial charge is 0.253 e. The number of hydrogen-bond donors (Lipinski definition) is 1. The summed E-state index contributed by atoms with van der Waals surface area (Å²) in [7, 11) is 3.06. The summed E-state index contributed by atoms with van der Waals surface area (Å²) in [6.45, 7) is 2.10. The number of carbonyl (C=O) groups excluding carboxylic acids is 2. The lowest BCUT2D eigenvalue weighted by Crippen LogP contribution is -2.28. The molecule has 5 nitrogen and oxygen atoms in total. The molecule has 0 saturated heterocycles. The molecule has 1 aliphatic heterocycles. The predicted octanol–water partition coefficient (Wildman–Crippen LogP) is 3.54. The number of hydrogen-bond acceptors (Lipinski definition) is 4. The van der Waals surface area contributed by atoms with E-state index in [1.54, 1.807) is 25.2 Å². The number of fused-ring (bicyclic) bond motifs is 1. The maximum Gasteiger partial charge on any atom is 0.253 e. The molecular formula is C19H19FN2O3S. The number of rotatable bonds is 4. The van der Waals surface area contributed by atoms with E-state index in [0.29, 0.717) is 16.8 Å². The summed E-state index contributed by atoms with van der Waals surface area (Å²) >= 11 is 1.47. The quantitative estimate of drug-likeness (QED) is 0.889. The van der Waals surface area contributed by atoms with Gasteiger partial charge in [0.25, 0.3) is 5.91 Å². The van der Waals surface area contributed by atoms with E-state index in [-0.39, 0.29) is 29.4 Å². The highest BCUT2D eigenvalue weighted by molar-refractivity contribution is 8.00. The molecule has 1 aliphatic rings. The molecule has 0 saturated carbocycles. The van der Waals surface area contributed by atoms with E-state index >= 15 is 0 Å². The van der Waals surface area contributed by atoms with Gasteiger partial charge in [-0.05, 0) is 42.8 Å². The van der Waals surface area contributed by atoms with Crippen LogP contribution in [0.5, 0.6) is 5.75 Å². The molecule has 1 atom stereocenters. The summed E-state index contributed by atoms with van der Waals surface area (Å²) in [6, 6.07) is 9.87. The Balaban J connectivity index is 1.75. The number of carbonyl (C=O) groups is 2. The van der Waals surface area contributed by atoms with Crippen molar-refractivity contribution in [3.63, 3.8) is 0 Å². The number of thioether (sulfide) groups is 1. The van der Waals surface area contributed by atoms with Gasteiger partial charge in [-0.2, -0.15) is 0 Å². The van der Waals surface area contributed by atoms with E-state index < -0.39 is 5.82 Å². The van der Waals surface area contributed by atoms with Crippen LogP contribution >= 0.6 is 11.8 Å². The number of nitrogens with zero attached hydrogens (tertiary/aromatic N) is 1. The lowest BCUT2D eigenvalue weighted by Gasteiger charge is -2.23. The summed E-state index contributed by atoms with van der Waals surface area (Å²) in [4.78, 5) is 26.9. The van der Waals surface area contributed by atoms with E-state index in [4.69, 9.17) is 4.74 Å². The first kappa shape index (κ1) is 18.3. The van der Waals surface area contributed by atoms with Crippen molar-refractivity contribution in [1.82, 2.24) is 4.90 Å². The van der Waals surface area contributed by atoms with Crippen LogP contribution in [0.4, 0.5) is 10.1 Å². The van der Waals surface area contributed by atoms with Crippen LogP contribution in [-0.2, 0) is 11.3 Å². The number of benzene rings is 2. The van der Waals surface area contributed by atoms with Crippen LogP contribution in [0.2, 0.25) is 0 Å². The van der Waals surface area contributed by atoms with Crippen LogP contribution < -0.4 is 10.1 Å². The van der Waals surface area contributed by atoms with Gasteiger partial charge in [-0.25, -0.2) is 4.39 Å². The molecule has 0 fully saturated rings. The van der Waals surface area contributed by atoms with Gasteiger partial charge >= 0.3 is 0 Å². The Kier molecular flexibility index (Phi) is 5.18. The molecule has 0 unspecified atom stereocenters. The fourth-order valence-corrected chi connectivity index (χ4v) is 3.65. The van der Waals surface area contributed by atoms with E-state index in [1.807, 2.05) is 13.0 Å². The van der Waals surface area contributed by atoms with Crippen molar-refractivity contribution in [1.29, 1.82) is 0 Å². The van der Waals surface area contributed by atoms with Crippen LogP contribution in [-0.4, -0.2) is 36.1 Å². The molecule has 2 aromatic rings. The van der Waals surface area contributed by atoms with Gasteiger partial charge in [-0.3, -0.25) is 9.59 Å². The molecule has 0 radical (unpaired) electrons. The number of amides is 2. The monoisotopic (exact) mass is 374 g/mol. The Hall–Kier alpha value is -2.54. The molecule has 2 aromatic carbocycles. The summed E-state index contributed by atoms with van der Waals surface area (Å²) in [6.07, 6.45) is 0. The number of halogens is 1. The Morgan fingerprint density at radius 2 is 2.08 bits per heavy atom. The molecule has 3 rings (SSSR count). The van der Waals surface area contributed by atoms with Gasteiger partial charge in [0.05, 0.1) is 18.0 Å². The second-order valence-corrected chi connectivity index (χ2v) is 7.47. The number of nitrogens with one attached hydrogen (secondary N) is 1. The van der Waals surface area contributed by atoms with Crippen molar-refractivity contribution >= 4 is 29.3 Å². The standard InChI is InChI=1S/C19H19FN2O3S/c1-11-18(23)21-15-9-13(5-7-17(15)26-11)19(24)22(2)10-12-4-6-16(25-3)14(20)8-12/h4-9,11H,10H2,1-3H3,(H,21,23)/t11-/m1/s1. The van der Waals surface area contributed by atoms with Crippen molar-refractivity contribution in [2.45, 2.75) is 23.6 Å². The summed E-state index contributed by atoms with van der Waals surface area (Å²) in [5.74, 6) is -0.579. The highest BCUT2D eigenvalue weighted by atomic mass is 32.2. The van der Waals surface area contributed by atoms with Crippen LogP contribution in [0.25, 0.3) is 0 Å². The molecular weight excluding hydrogens is 355 g/mol. The third-order valence-corrected chi connectivity index (χ3v) is 5.32. The van der Waals surface area contributed by atoms with Crippen molar-refractivity contribution in [3.8, 4) is 5.75 Å². The largest absolute Gasteiger partial charge is 0.494 e. The van der Waals surface area contributed by atoms with Gasteiger partial charge in [0, 0.05) is 24.1 Å². The molecule has 0 aliphatic carbocycles. The molecule has 1 N–H and O–H groups in total. The Morgan fingerprint density at radius 3 is 2.77 bits per heavy atom. The fourth-order valence-electron chi connectivity index (χ4n) is 2.72. The molecule has 26 heavy (non-hydrogen) atoms. The van der Waals surface area contributed by atoms with Crippen molar-refractivity contribution < 1.29 is 18.7 Å². The van der Waals surface area contributed by atoms with E-state index in [2.05, 4.69) is 5.32 Å². The first-order valence-corrected chi connectivity index (χ1v) is 8.96. The van der Waals surface area contributed by atoms with Crippen molar-refractivity contribution in [2.24, 2.45) is 0 Å². The minimum atomic E-state index is -0.464. The Labute approximate surface area is 155 Å². The van der Waals surface area contributed by atoms with Gasteiger partial charge < -0.3 is 15.0 Å². The summed E-state index contributed by atoms with van der Waals surface area (Å²) in [5.41, 5.74) is 1.78. The average Bonchev–Trinajstić information content (AvgIpc) is 2.62. The Morgan fingerprint density at radius 1 is 1.31 bits per heavy atom. The maximum atomic E-state index is 13.8. The second kappa shape index (κ2) is 7.37. The lowest BCUT2D eigenvalue weighted by molar-refractivity contribution is -0.115. The van der Waals surface area contributed by atoms with Gasteiger partial charge in [-0.15, -0.1) is 11.8 Å². The van der Waals surface area contributed by atoms with Gasteiger partial charge in [0.15, 0.2) is 11.6 Å². The first-order chi connectivity index (χ1) is 12.4.